The van der Waals surface area contributed by atoms with Gasteiger partial charge in [-0.05, 0) is 35.7 Å². The summed E-state index contributed by atoms with van der Waals surface area (Å²) < 4.78 is 16.8. The molecule has 264 valence electrons. The van der Waals surface area contributed by atoms with Gasteiger partial charge >= 0.3 is 11.9 Å². The lowest BCUT2D eigenvalue weighted by Gasteiger charge is -2.33. The maximum absolute atomic E-state index is 14.3. The molecule has 0 aliphatic carbocycles. The number of carboxylic acid groups (broad SMARTS) is 1. The predicted molar refractivity (Wildman–Crippen MR) is 177 cm³/mol. The van der Waals surface area contributed by atoms with E-state index < -0.39 is 71.3 Å². The van der Waals surface area contributed by atoms with E-state index in [1.165, 1.54) is 36.3 Å². The molecule has 4 rings (SSSR count). The molecule has 3 amide bonds. The predicted octanol–water partition coefficient (Wildman–Crippen LogP) is 3.17. The minimum absolute atomic E-state index is 0.0100. The molecule has 1 heterocycles. The zero-order valence-electron chi connectivity index (χ0n) is 27.6. The van der Waals surface area contributed by atoms with Crippen molar-refractivity contribution in [1.82, 2.24) is 15.5 Å². The molecule has 0 spiro atoms. The molecule has 0 saturated carbocycles. The van der Waals surface area contributed by atoms with Crippen molar-refractivity contribution in [2.45, 2.75) is 57.5 Å². The highest BCUT2D eigenvalue weighted by molar-refractivity contribution is 5.95. The van der Waals surface area contributed by atoms with E-state index in [4.69, 9.17) is 19.3 Å². The SMILES string of the molecule is COc1ccc([C@@H]2OC[C@@H](C(=O)N[C@@H](Cc3ccccc3)C(=O)Oc3ccc([N+](=O)[O-])cc3)N2C(=O)[C@@H](NC(=O)CCC(=O)O)C(C)C)cc1. The number of ether oxygens (including phenoxy) is 3. The molecule has 15 nitrogen and oxygen atoms in total. The number of carbonyl (C=O) groups excluding carboxylic acids is 4. The molecular weight excluding hydrogens is 652 g/mol. The average Bonchev–Trinajstić information content (AvgIpc) is 3.55. The number of nitrogens with one attached hydrogen (secondary N) is 2. The summed E-state index contributed by atoms with van der Waals surface area (Å²) in [5, 5.41) is 25.4. The zero-order valence-corrected chi connectivity index (χ0v) is 27.6. The molecule has 3 aromatic carbocycles. The van der Waals surface area contributed by atoms with Gasteiger partial charge in [-0.3, -0.25) is 34.2 Å². The first-order valence-electron chi connectivity index (χ1n) is 15.8. The Kier molecular flexibility index (Phi) is 12.6. The van der Waals surface area contributed by atoms with Gasteiger partial charge in [-0.1, -0.05) is 56.3 Å². The van der Waals surface area contributed by atoms with E-state index >= 15 is 0 Å². The van der Waals surface area contributed by atoms with Gasteiger partial charge in [-0.2, -0.15) is 0 Å². The van der Waals surface area contributed by atoms with Crippen molar-refractivity contribution in [1.29, 1.82) is 0 Å². The van der Waals surface area contributed by atoms with E-state index in [9.17, 15) is 34.1 Å². The van der Waals surface area contributed by atoms with Gasteiger partial charge < -0.3 is 30.0 Å². The third-order valence-corrected chi connectivity index (χ3v) is 7.92. The summed E-state index contributed by atoms with van der Waals surface area (Å²) in [6.07, 6.45) is -1.85. The smallest absolute Gasteiger partial charge is 0.334 e. The van der Waals surface area contributed by atoms with Crippen LogP contribution in [0.15, 0.2) is 78.9 Å². The molecule has 1 aliphatic rings. The number of methoxy groups -OCH3 is 1. The third kappa shape index (κ3) is 9.63. The first kappa shape index (κ1) is 37.0. The Hall–Kier alpha value is -5.83. The zero-order chi connectivity index (χ0) is 36.4. The number of rotatable bonds is 15. The van der Waals surface area contributed by atoms with E-state index in [1.807, 2.05) is 0 Å². The van der Waals surface area contributed by atoms with Gasteiger partial charge in [-0.15, -0.1) is 0 Å². The lowest BCUT2D eigenvalue weighted by atomic mass is 10.00. The molecule has 1 saturated heterocycles. The van der Waals surface area contributed by atoms with E-state index in [-0.39, 0.29) is 30.9 Å². The topological polar surface area (TPSA) is 204 Å². The second kappa shape index (κ2) is 17.0. The van der Waals surface area contributed by atoms with E-state index in [1.54, 1.807) is 68.4 Å². The van der Waals surface area contributed by atoms with Crippen LogP contribution in [0.4, 0.5) is 5.69 Å². The molecule has 3 aromatic rings. The molecular formula is C35H38N4O11. The van der Waals surface area contributed by atoms with Gasteiger partial charge in [0, 0.05) is 30.5 Å². The van der Waals surface area contributed by atoms with Crippen LogP contribution in [0.25, 0.3) is 0 Å². The Morgan fingerprint density at radius 1 is 0.940 bits per heavy atom. The lowest BCUT2D eigenvalue weighted by molar-refractivity contribution is -0.384. The highest BCUT2D eigenvalue weighted by Gasteiger charge is 2.46. The fraction of sp³-hybridized carbons (Fsp3) is 0.343. The number of hydrogen-bond donors (Lipinski definition) is 3. The van der Waals surface area contributed by atoms with Gasteiger partial charge in [0.2, 0.25) is 17.7 Å². The van der Waals surface area contributed by atoms with Crippen LogP contribution in [-0.2, 0) is 35.1 Å². The van der Waals surface area contributed by atoms with Crippen molar-refractivity contribution in [3.05, 3.63) is 100 Å². The Morgan fingerprint density at radius 2 is 1.58 bits per heavy atom. The summed E-state index contributed by atoms with van der Waals surface area (Å²) >= 11 is 0. The van der Waals surface area contributed by atoms with Crippen LogP contribution in [0.5, 0.6) is 11.5 Å². The summed E-state index contributed by atoms with van der Waals surface area (Å²) in [5.74, 6) is -3.99. The van der Waals surface area contributed by atoms with Crippen LogP contribution < -0.4 is 20.1 Å². The highest BCUT2D eigenvalue weighted by atomic mass is 16.6. The number of carbonyl (C=O) groups is 5. The Balaban J connectivity index is 1.64. The Morgan fingerprint density at radius 3 is 2.16 bits per heavy atom. The molecule has 1 aliphatic heterocycles. The number of nitrogens with zero attached hydrogens (tertiary/aromatic N) is 2. The number of benzene rings is 3. The number of carboxylic acids is 1. The molecule has 0 unspecified atom stereocenters. The van der Waals surface area contributed by atoms with Gasteiger partial charge in [0.05, 0.1) is 25.1 Å². The molecule has 4 atom stereocenters. The Bertz CT molecular complexity index is 1680. The molecule has 0 aromatic heterocycles. The number of hydrogen-bond acceptors (Lipinski definition) is 10. The quantitative estimate of drug-likeness (QED) is 0.0915. The van der Waals surface area contributed by atoms with Crippen molar-refractivity contribution in [2.75, 3.05) is 13.7 Å². The van der Waals surface area contributed by atoms with Crippen molar-refractivity contribution in [2.24, 2.45) is 5.92 Å². The van der Waals surface area contributed by atoms with Crippen LogP contribution in [-0.4, -0.2) is 76.4 Å². The average molecular weight is 691 g/mol. The summed E-state index contributed by atoms with van der Waals surface area (Å²) in [7, 11) is 1.50. The number of nitro groups is 1. The third-order valence-electron chi connectivity index (χ3n) is 7.92. The molecule has 50 heavy (non-hydrogen) atoms. The lowest BCUT2D eigenvalue weighted by Crippen LogP contribution is -2.58. The van der Waals surface area contributed by atoms with Crippen LogP contribution in [0, 0.1) is 16.0 Å². The molecule has 3 N–H and O–H groups in total. The molecule has 0 bridgehead atoms. The van der Waals surface area contributed by atoms with Crippen LogP contribution in [0.2, 0.25) is 0 Å². The number of nitro benzene ring substituents is 1. The van der Waals surface area contributed by atoms with Gasteiger partial charge in [0.15, 0.2) is 6.23 Å². The highest BCUT2D eigenvalue weighted by Crippen LogP contribution is 2.33. The maximum Gasteiger partial charge on any atom is 0.334 e. The first-order valence-corrected chi connectivity index (χ1v) is 15.8. The second-order valence-corrected chi connectivity index (χ2v) is 11.8. The van der Waals surface area contributed by atoms with E-state index in [2.05, 4.69) is 10.6 Å². The summed E-state index contributed by atoms with van der Waals surface area (Å²) in [5.41, 5.74) is 0.996. The Labute approximate surface area is 287 Å². The normalized spacial score (nSPS) is 16.6. The minimum Gasteiger partial charge on any atom is -0.497 e. The van der Waals surface area contributed by atoms with Crippen LogP contribution >= 0.6 is 0 Å². The first-order chi connectivity index (χ1) is 23.9. The number of esters is 1. The van der Waals surface area contributed by atoms with Crippen molar-refractivity contribution in [3.63, 3.8) is 0 Å². The minimum atomic E-state index is -1.27. The summed E-state index contributed by atoms with van der Waals surface area (Å²) in [6.45, 7) is 3.12. The van der Waals surface area contributed by atoms with Crippen molar-refractivity contribution >= 4 is 35.3 Å². The van der Waals surface area contributed by atoms with E-state index in [0.717, 1.165) is 0 Å². The maximum atomic E-state index is 14.3. The second-order valence-electron chi connectivity index (χ2n) is 11.8. The fourth-order valence-corrected chi connectivity index (χ4v) is 5.28. The van der Waals surface area contributed by atoms with Gasteiger partial charge in [-0.25, -0.2) is 4.79 Å². The summed E-state index contributed by atoms with van der Waals surface area (Å²) in [4.78, 5) is 77.2. The van der Waals surface area contributed by atoms with Crippen molar-refractivity contribution < 1.29 is 48.2 Å². The fourth-order valence-electron chi connectivity index (χ4n) is 5.28. The van der Waals surface area contributed by atoms with Gasteiger partial charge in [0.25, 0.3) is 5.69 Å². The monoisotopic (exact) mass is 690 g/mol. The standard InChI is InChI=1S/C35H38N4O11/c1-21(2)31(37-29(40)17-18-30(41)42)33(44)38-28(20-49-34(38)23-9-13-25(48-3)14-10-23)32(43)36-27(19-22-7-5-4-6-8-22)35(45)50-26-15-11-24(12-16-26)39(46)47/h4-16,21,27-28,31,34H,17-20H2,1-3H3,(H,36,43)(H,37,40)(H,41,42)/t27-,28-,31-,34-/m0/s1. The molecule has 0 radical (unpaired) electrons. The largest absolute Gasteiger partial charge is 0.497 e. The summed E-state index contributed by atoms with van der Waals surface area (Å²) in [6, 6.07) is 16.7. The van der Waals surface area contributed by atoms with Crippen LogP contribution in [0.1, 0.15) is 44.0 Å². The van der Waals surface area contributed by atoms with Crippen molar-refractivity contribution in [3.8, 4) is 11.5 Å². The van der Waals surface area contributed by atoms with E-state index in [0.29, 0.717) is 16.9 Å². The van der Waals surface area contributed by atoms with Gasteiger partial charge in [0.1, 0.15) is 29.6 Å². The molecule has 15 heteroatoms. The number of aliphatic carboxylic acids is 1. The number of amides is 3. The van der Waals surface area contributed by atoms with Crippen LogP contribution in [0.3, 0.4) is 0 Å². The number of non-ortho nitro benzene ring substituents is 1. The molecule has 1 fully saturated rings.